The lowest BCUT2D eigenvalue weighted by Gasteiger charge is -2.42. The van der Waals surface area contributed by atoms with Gasteiger partial charge in [-0.25, -0.2) is 8.78 Å². The van der Waals surface area contributed by atoms with E-state index in [0.29, 0.717) is 0 Å². The van der Waals surface area contributed by atoms with Crippen molar-refractivity contribution in [3.05, 3.63) is 0 Å². The lowest BCUT2D eigenvalue weighted by Crippen LogP contribution is -2.73. The first-order valence-corrected chi connectivity index (χ1v) is 8.72. The first kappa shape index (κ1) is 30.8. The van der Waals surface area contributed by atoms with E-state index >= 15 is 0 Å². The van der Waals surface area contributed by atoms with Crippen LogP contribution in [0.4, 0.5) is 70.2 Å². The molecule has 1 saturated heterocycles. The van der Waals surface area contributed by atoms with E-state index in [4.69, 9.17) is 5.11 Å². The van der Waals surface area contributed by atoms with Gasteiger partial charge >= 0.3 is 47.9 Å². The molecule has 1 aliphatic rings. The fourth-order valence-electron chi connectivity index (χ4n) is 2.30. The summed E-state index contributed by atoms with van der Waals surface area (Å²) >= 11 is 0. The monoisotopic (exact) mass is 546 g/mol. The number of aliphatic hydroxyl groups is 1. The molecule has 0 aromatic carbocycles. The number of halogens is 16. The van der Waals surface area contributed by atoms with E-state index in [2.05, 4.69) is 9.47 Å². The van der Waals surface area contributed by atoms with Crippen molar-refractivity contribution in [2.75, 3.05) is 19.8 Å². The van der Waals surface area contributed by atoms with E-state index in [9.17, 15) is 70.2 Å². The molecule has 0 amide bonds. The lowest BCUT2D eigenvalue weighted by atomic mass is 9.88. The van der Waals surface area contributed by atoms with Crippen LogP contribution in [-0.4, -0.2) is 85.0 Å². The van der Waals surface area contributed by atoms with Gasteiger partial charge in [-0.2, -0.15) is 61.5 Å². The summed E-state index contributed by atoms with van der Waals surface area (Å²) in [5.41, 5.74) is 0. The minimum absolute atomic E-state index is 0.108. The Morgan fingerprint density at radius 1 is 0.735 bits per heavy atom. The molecule has 1 rings (SSSR count). The second-order valence-corrected chi connectivity index (χ2v) is 7.13. The van der Waals surface area contributed by atoms with Gasteiger partial charge in [-0.05, 0) is 6.42 Å². The number of epoxide rings is 1. The predicted molar refractivity (Wildman–Crippen MR) is 76.4 cm³/mol. The maximum absolute atomic E-state index is 13.8. The van der Waals surface area contributed by atoms with Crippen molar-refractivity contribution in [2.45, 2.75) is 72.9 Å². The van der Waals surface area contributed by atoms with Gasteiger partial charge in [0.05, 0.1) is 25.9 Å². The van der Waals surface area contributed by atoms with Crippen LogP contribution < -0.4 is 0 Å². The number of aliphatic hydroxyl groups excluding tert-OH is 1. The van der Waals surface area contributed by atoms with Gasteiger partial charge in [-0.1, -0.05) is 0 Å². The van der Waals surface area contributed by atoms with Crippen molar-refractivity contribution in [1.29, 1.82) is 0 Å². The zero-order chi connectivity index (χ0) is 27.2. The summed E-state index contributed by atoms with van der Waals surface area (Å²) in [7, 11) is 0. The quantitative estimate of drug-likeness (QED) is 0.239. The second kappa shape index (κ2) is 9.33. The van der Waals surface area contributed by atoms with Crippen LogP contribution in [0.25, 0.3) is 0 Å². The van der Waals surface area contributed by atoms with Gasteiger partial charge in [0.25, 0.3) is 0 Å². The van der Waals surface area contributed by atoms with Crippen molar-refractivity contribution in [1.82, 2.24) is 0 Å². The summed E-state index contributed by atoms with van der Waals surface area (Å²) < 4.78 is 221. The van der Waals surface area contributed by atoms with Crippen LogP contribution in [0.3, 0.4) is 0 Å². The molecule has 3 nitrogen and oxygen atoms in total. The Kier molecular flexibility index (Phi) is 8.45. The average Bonchev–Trinajstić information content (AvgIpc) is 3.51. The van der Waals surface area contributed by atoms with Gasteiger partial charge in [-0.15, -0.1) is 0 Å². The highest BCUT2D eigenvalue weighted by atomic mass is 19.4. The first-order valence-electron chi connectivity index (χ1n) is 8.72. The lowest BCUT2D eigenvalue weighted by molar-refractivity contribution is -0.447. The highest BCUT2D eigenvalue weighted by Gasteiger charge is 2.93. The molecule has 1 N–H and O–H groups in total. The molecule has 34 heavy (non-hydrogen) atoms. The summed E-state index contributed by atoms with van der Waals surface area (Å²) in [6.45, 7) is -1.52. The molecule has 0 saturated carbocycles. The van der Waals surface area contributed by atoms with Crippen LogP contribution in [0.5, 0.6) is 0 Å². The molecule has 0 radical (unpaired) electrons. The molecule has 0 aromatic heterocycles. The number of alkyl halides is 16. The third-order valence-electron chi connectivity index (χ3n) is 4.63. The third kappa shape index (κ3) is 4.87. The van der Waals surface area contributed by atoms with E-state index < -0.39 is 86.1 Å². The van der Waals surface area contributed by atoms with Crippen LogP contribution in [0.2, 0.25) is 0 Å². The fraction of sp³-hybridized carbons (Fsp3) is 1.00. The van der Waals surface area contributed by atoms with Gasteiger partial charge in [0.15, 0.2) is 0 Å². The molecule has 2 unspecified atom stereocenters. The van der Waals surface area contributed by atoms with Crippen LogP contribution in [-0.2, 0) is 9.47 Å². The minimum atomic E-state index is -8.41. The molecule has 2 atom stereocenters. The molecule has 0 aliphatic carbocycles. The largest absolute Gasteiger partial charge is 0.394 e. The van der Waals surface area contributed by atoms with Crippen molar-refractivity contribution in [3.63, 3.8) is 0 Å². The Bertz CT molecular complexity index is 691. The Morgan fingerprint density at radius 3 is 1.53 bits per heavy atom. The summed E-state index contributed by atoms with van der Waals surface area (Å²) in [6.07, 6.45) is -12.4. The Balaban J connectivity index is 3.25. The second-order valence-electron chi connectivity index (χ2n) is 7.13. The zero-order valence-corrected chi connectivity index (χ0v) is 16.1. The van der Waals surface area contributed by atoms with Crippen molar-refractivity contribution >= 4 is 0 Å². The van der Waals surface area contributed by atoms with Gasteiger partial charge in [0, 0.05) is 6.42 Å². The van der Waals surface area contributed by atoms with Gasteiger partial charge in [-0.3, -0.25) is 0 Å². The summed E-state index contributed by atoms with van der Waals surface area (Å²) in [5, 5.41) is 8.88. The smallest absolute Gasteiger partial charge is 0.384 e. The van der Waals surface area contributed by atoms with E-state index in [1.165, 1.54) is 0 Å². The molecule has 1 fully saturated rings. The zero-order valence-electron chi connectivity index (χ0n) is 16.1. The minimum Gasteiger partial charge on any atom is -0.394 e. The average molecular weight is 546 g/mol. The molecule has 0 aromatic rings. The van der Waals surface area contributed by atoms with E-state index in [1.807, 2.05) is 0 Å². The normalized spacial score (nSPS) is 20.1. The van der Waals surface area contributed by atoms with Gasteiger partial charge in [0.2, 0.25) is 0 Å². The Labute approximate surface area is 179 Å². The van der Waals surface area contributed by atoms with Crippen LogP contribution in [0, 0.1) is 0 Å². The number of hydrogen-bond acceptors (Lipinski definition) is 3. The molecule has 0 spiro atoms. The standard InChI is InChI=1S/C15H14F16O3/c16-8(17)10(20,21)12(24,25)14(28,29)15(30,31)13(26,27)11(22,23)9(18,19)2-1-6(3-32)33-4-7-5-34-7/h6-8,32H,1-5H2. The summed E-state index contributed by atoms with van der Waals surface area (Å²) in [5.74, 6) is -54.6. The summed E-state index contributed by atoms with van der Waals surface area (Å²) in [4.78, 5) is 0. The van der Waals surface area contributed by atoms with Crippen molar-refractivity contribution < 1.29 is 84.8 Å². The molecular weight excluding hydrogens is 532 g/mol. The Hall–Kier alpha value is -1.24. The molecule has 0 bridgehead atoms. The van der Waals surface area contributed by atoms with Crippen molar-refractivity contribution in [3.8, 4) is 0 Å². The van der Waals surface area contributed by atoms with Gasteiger partial charge < -0.3 is 14.6 Å². The molecule has 204 valence electrons. The number of hydrogen-bond donors (Lipinski definition) is 1. The molecule has 19 heteroatoms. The summed E-state index contributed by atoms with van der Waals surface area (Å²) in [6, 6.07) is 0. The maximum Gasteiger partial charge on any atom is 0.384 e. The molecule has 1 heterocycles. The molecular formula is C15H14F16O3. The topological polar surface area (TPSA) is 42.0 Å². The Morgan fingerprint density at radius 2 is 1.15 bits per heavy atom. The van der Waals surface area contributed by atoms with Crippen molar-refractivity contribution in [2.24, 2.45) is 0 Å². The first-order chi connectivity index (χ1) is 15.0. The van der Waals surface area contributed by atoms with Crippen LogP contribution in [0.15, 0.2) is 0 Å². The predicted octanol–water partition coefficient (Wildman–Crippen LogP) is 5.26. The highest BCUT2D eigenvalue weighted by Crippen LogP contribution is 2.63. The van der Waals surface area contributed by atoms with Crippen LogP contribution >= 0.6 is 0 Å². The van der Waals surface area contributed by atoms with Gasteiger partial charge in [0.1, 0.15) is 6.10 Å². The maximum atomic E-state index is 13.8. The van der Waals surface area contributed by atoms with Crippen LogP contribution in [0.1, 0.15) is 12.8 Å². The van der Waals surface area contributed by atoms with E-state index in [1.54, 1.807) is 0 Å². The fourth-order valence-corrected chi connectivity index (χ4v) is 2.30. The van der Waals surface area contributed by atoms with E-state index in [0.717, 1.165) is 0 Å². The third-order valence-corrected chi connectivity index (χ3v) is 4.63. The number of ether oxygens (including phenoxy) is 2. The SMILES string of the molecule is OCC(CCC(F)(F)C(F)(F)C(F)(F)C(F)(F)C(F)(F)C(F)(F)C(F)(F)C(F)F)OCC1CO1. The highest BCUT2D eigenvalue weighted by molar-refractivity contribution is 5.14. The molecule has 1 aliphatic heterocycles. The number of rotatable bonds is 14. The van der Waals surface area contributed by atoms with E-state index in [-0.39, 0.29) is 6.61 Å².